The van der Waals surface area contributed by atoms with Gasteiger partial charge in [-0.1, -0.05) is 60.7 Å². The topological polar surface area (TPSA) is 110 Å². The highest BCUT2D eigenvalue weighted by Gasteiger charge is 2.24. The molecule has 38 heavy (non-hydrogen) atoms. The van der Waals surface area contributed by atoms with Crippen LogP contribution in [0.1, 0.15) is 40.5 Å². The number of carboxylic acid groups (broad SMARTS) is 1. The normalized spacial score (nSPS) is 12.1. The summed E-state index contributed by atoms with van der Waals surface area (Å²) in [5, 5.41) is 13.9. The van der Waals surface area contributed by atoms with Crippen LogP contribution in [-0.4, -0.2) is 17.0 Å². The number of hydrogen-bond donors (Lipinski definition) is 2. The van der Waals surface area contributed by atoms with E-state index in [0.717, 1.165) is 38.8 Å². The third-order valence-corrected chi connectivity index (χ3v) is 6.98. The summed E-state index contributed by atoms with van der Waals surface area (Å²) in [6.45, 7) is 5.63. The summed E-state index contributed by atoms with van der Waals surface area (Å²) in [6, 6.07) is 19.3. The van der Waals surface area contributed by atoms with Gasteiger partial charge >= 0.3 is 11.6 Å². The molecule has 0 aliphatic carbocycles. The Morgan fingerprint density at radius 1 is 0.868 bits per heavy atom. The lowest BCUT2D eigenvalue weighted by Crippen LogP contribution is -2.34. The van der Waals surface area contributed by atoms with Gasteiger partial charge in [-0.15, -0.1) is 0 Å². The maximum atomic E-state index is 13.0. The van der Waals surface area contributed by atoms with E-state index < -0.39 is 23.5 Å². The molecule has 192 valence electrons. The molecule has 5 rings (SSSR count). The molecule has 0 saturated carbocycles. The van der Waals surface area contributed by atoms with Gasteiger partial charge in [-0.25, -0.2) is 9.59 Å². The Bertz CT molecular complexity index is 1730. The largest absolute Gasteiger partial charge is 0.479 e. The van der Waals surface area contributed by atoms with E-state index in [4.69, 9.17) is 8.83 Å². The number of hydrogen-bond acceptors (Lipinski definition) is 5. The quantitative estimate of drug-likeness (QED) is 0.260. The van der Waals surface area contributed by atoms with Crippen molar-refractivity contribution >= 4 is 33.8 Å². The maximum absolute atomic E-state index is 13.0. The molecule has 7 heteroatoms. The van der Waals surface area contributed by atoms with E-state index in [-0.39, 0.29) is 12.8 Å². The average Bonchev–Trinajstić information content (AvgIpc) is 3.25. The molecule has 2 N–H and O–H groups in total. The lowest BCUT2D eigenvalue weighted by atomic mass is 9.96. The van der Waals surface area contributed by atoms with Crippen LogP contribution in [0.15, 0.2) is 80.4 Å². The van der Waals surface area contributed by atoms with Crippen LogP contribution in [0.25, 0.3) is 33.1 Å². The minimum absolute atomic E-state index is 0.0605. The molecule has 0 fully saturated rings. The first-order chi connectivity index (χ1) is 18.3. The summed E-state index contributed by atoms with van der Waals surface area (Å²) in [5.41, 5.74) is 4.94. The molecule has 1 amide bonds. The molecule has 0 bridgehead atoms. The number of amides is 1. The van der Waals surface area contributed by atoms with E-state index in [2.05, 4.69) is 5.32 Å². The van der Waals surface area contributed by atoms with E-state index in [1.54, 1.807) is 30.3 Å². The molecular formula is C31H27NO6. The molecule has 5 aromatic rings. The van der Waals surface area contributed by atoms with E-state index in [9.17, 15) is 19.5 Å². The van der Waals surface area contributed by atoms with Gasteiger partial charge in [0, 0.05) is 33.9 Å². The number of carboxylic acids is 1. The average molecular weight is 510 g/mol. The molecule has 0 spiro atoms. The zero-order valence-electron chi connectivity index (χ0n) is 21.3. The molecule has 7 nitrogen and oxygen atoms in total. The van der Waals surface area contributed by atoms with Crippen LogP contribution in [0.2, 0.25) is 0 Å². The van der Waals surface area contributed by atoms with E-state index in [0.29, 0.717) is 22.3 Å². The number of aryl methyl sites for hydroxylation is 3. The fourth-order valence-corrected chi connectivity index (χ4v) is 5.03. The number of fused-ring (bicyclic) bond motifs is 2. The number of carbonyl (C=O) groups excluding carboxylic acids is 1. The Morgan fingerprint density at radius 3 is 2.16 bits per heavy atom. The maximum Gasteiger partial charge on any atom is 0.339 e. The SMILES string of the molecule is Cc1oc2c(C)c3oc(=O)c(CCC(=O)NC(C(=O)O)c4ccccc4)c(C)c3cc2c1-c1ccccc1. The van der Waals surface area contributed by atoms with Crippen LogP contribution in [0.4, 0.5) is 0 Å². The van der Waals surface area contributed by atoms with Crippen molar-refractivity contribution in [2.75, 3.05) is 0 Å². The summed E-state index contributed by atoms with van der Waals surface area (Å²) < 4.78 is 11.9. The number of nitrogens with one attached hydrogen (secondary N) is 1. The van der Waals surface area contributed by atoms with Crippen molar-refractivity contribution in [2.45, 2.75) is 39.7 Å². The number of aliphatic carboxylic acids is 1. The molecule has 2 heterocycles. The van der Waals surface area contributed by atoms with Gasteiger partial charge in [0.15, 0.2) is 6.04 Å². The van der Waals surface area contributed by atoms with Crippen LogP contribution in [0.5, 0.6) is 0 Å². The third-order valence-electron chi connectivity index (χ3n) is 6.98. The second-order valence-electron chi connectivity index (χ2n) is 9.40. The lowest BCUT2D eigenvalue weighted by Gasteiger charge is -2.15. The highest BCUT2D eigenvalue weighted by Crippen LogP contribution is 2.39. The summed E-state index contributed by atoms with van der Waals surface area (Å²) in [4.78, 5) is 37.4. The molecule has 0 aliphatic heterocycles. The number of furan rings is 1. The molecule has 1 atom stereocenters. The Kier molecular flexibility index (Phi) is 6.59. The van der Waals surface area contributed by atoms with Crippen molar-refractivity contribution < 1.29 is 23.5 Å². The molecule has 0 saturated heterocycles. The predicted molar refractivity (Wildman–Crippen MR) is 145 cm³/mol. The highest BCUT2D eigenvalue weighted by atomic mass is 16.4. The van der Waals surface area contributed by atoms with E-state index >= 15 is 0 Å². The van der Waals surface area contributed by atoms with Gasteiger partial charge in [0.2, 0.25) is 5.91 Å². The van der Waals surface area contributed by atoms with Crippen molar-refractivity contribution in [3.63, 3.8) is 0 Å². The van der Waals surface area contributed by atoms with Crippen LogP contribution in [0, 0.1) is 20.8 Å². The second-order valence-corrected chi connectivity index (χ2v) is 9.40. The number of rotatable bonds is 7. The first kappa shape index (κ1) is 25.0. The molecule has 0 aliphatic rings. The molecule has 3 aromatic carbocycles. The zero-order valence-corrected chi connectivity index (χ0v) is 21.3. The van der Waals surface area contributed by atoms with Crippen molar-refractivity contribution in [2.24, 2.45) is 0 Å². The standard InChI is InChI=1S/C31H27NO6/c1-17-22(14-15-25(33)32-27(30(34)35)21-12-8-5-9-13-21)31(36)38-28-18(2)29-24(16-23(17)28)26(19(3)37-29)20-10-6-4-7-11-20/h4-13,16,27H,14-15H2,1-3H3,(H,32,33)(H,34,35). The van der Waals surface area contributed by atoms with E-state index in [1.165, 1.54) is 0 Å². The van der Waals surface area contributed by atoms with Gasteiger partial charge < -0.3 is 19.3 Å². The van der Waals surface area contributed by atoms with Gasteiger partial charge in [0.1, 0.15) is 16.9 Å². The van der Waals surface area contributed by atoms with Crippen molar-refractivity contribution in [3.05, 3.63) is 105 Å². The third kappa shape index (κ3) is 4.47. The Balaban J connectivity index is 1.49. The number of carbonyl (C=O) groups is 2. The fraction of sp³-hybridized carbons (Fsp3) is 0.194. The van der Waals surface area contributed by atoms with Crippen LogP contribution < -0.4 is 10.9 Å². The van der Waals surface area contributed by atoms with Crippen molar-refractivity contribution in [1.29, 1.82) is 0 Å². The molecule has 1 unspecified atom stereocenters. The van der Waals surface area contributed by atoms with Crippen LogP contribution in [-0.2, 0) is 16.0 Å². The summed E-state index contributed by atoms with van der Waals surface area (Å²) in [6.07, 6.45) is 0.0547. The minimum Gasteiger partial charge on any atom is -0.479 e. The van der Waals surface area contributed by atoms with Crippen molar-refractivity contribution in [3.8, 4) is 11.1 Å². The summed E-state index contributed by atoms with van der Waals surface area (Å²) in [7, 11) is 0. The van der Waals surface area contributed by atoms with E-state index in [1.807, 2.05) is 57.2 Å². The molecule has 2 aromatic heterocycles. The zero-order chi connectivity index (χ0) is 27.0. The molecule has 0 radical (unpaired) electrons. The minimum atomic E-state index is -1.17. The Hall–Kier alpha value is -4.65. The number of benzene rings is 3. The Morgan fingerprint density at radius 2 is 1.50 bits per heavy atom. The summed E-state index contributed by atoms with van der Waals surface area (Å²) in [5.74, 6) is -0.855. The monoisotopic (exact) mass is 509 g/mol. The molecular weight excluding hydrogens is 482 g/mol. The lowest BCUT2D eigenvalue weighted by molar-refractivity contribution is -0.142. The van der Waals surface area contributed by atoms with Gasteiger partial charge in [0.25, 0.3) is 0 Å². The second kappa shape index (κ2) is 10.0. The van der Waals surface area contributed by atoms with Crippen LogP contribution >= 0.6 is 0 Å². The van der Waals surface area contributed by atoms with Gasteiger partial charge in [-0.3, -0.25) is 4.79 Å². The smallest absolute Gasteiger partial charge is 0.339 e. The first-order valence-electron chi connectivity index (χ1n) is 12.4. The van der Waals surface area contributed by atoms with Gasteiger partial charge in [0.05, 0.1) is 0 Å². The van der Waals surface area contributed by atoms with Gasteiger partial charge in [-0.05, 0) is 49.9 Å². The predicted octanol–water partition coefficient (Wildman–Crippen LogP) is 6.01. The van der Waals surface area contributed by atoms with Crippen LogP contribution in [0.3, 0.4) is 0 Å². The highest BCUT2D eigenvalue weighted by molar-refractivity contribution is 6.05. The van der Waals surface area contributed by atoms with Gasteiger partial charge in [-0.2, -0.15) is 0 Å². The first-order valence-corrected chi connectivity index (χ1v) is 12.4. The Labute approximate surface area is 218 Å². The summed E-state index contributed by atoms with van der Waals surface area (Å²) >= 11 is 0. The van der Waals surface area contributed by atoms with Crippen molar-refractivity contribution in [1.82, 2.24) is 5.32 Å². The fourth-order valence-electron chi connectivity index (χ4n) is 5.03.